The van der Waals surface area contributed by atoms with Crippen LogP contribution in [0.2, 0.25) is 0 Å². The van der Waals surface area contributed by atoms with E-state index in [1.54, 1.807) is 6.26 Å². The Balaban J connectivity index is 1.26. The number of fused-ring (bicyclic) bond motifs is 2. The van der Waals surface area contributed by atoms with Crippen LogP contribution in [0.3, 0.4) is 0 Å². The molecule has 0 bridgehead atoms. The van der Waals surface area contributed by atoms with Gasteiger partial charge in [0.1, 0.15) is 0 Å². The monoisotopic (exact) mass is 626 g/mol. The van der Waals surface area contributed by atoms with Crippen LogP contribution in [0.4, 0.5) is 0 Å². The Kier molecular flexibility index (Phi) is 7.14. The molecule has 0 saturated carbocycles. The number of benzene rings is 7. The summed E-state index contributed by atoms with van der Waals surface area (Å²) in [6, 6.07) is 61.9. The van der Waals surface area contributed by atoms with E-state index in [1.807, 2.05) is 18.2 Å². The second-order valence-corrected chi connectivity index (χ2v) is 12.2. The third-order valence-corrected chi connectivity index (χ3v) is 9.19. The Hall–Kier alpha value is -6.58. The van der Waals surface area contributed by atoms with Crippen molar-refractivity contribution < 1.29 is 4.42 Å². The summed E-state index contributed by atoms with van der Waals surface area (Å²) in [5, 5.41) is 4.84. The highest BCUT2D eigenvalue weighted by molar-refractivity contribution is 6.01. The van der Waals surface area contributed by atoms with Gasteiger partial charge in [-0.25, -0.2) is 9.97 Å². The van der Waals surface area contributed by atoms with Gasteiger partial charge in [0.05, 0.1) is 17.7 Å². The lowest BCUT2D eigenvalue weighted by Crippen LogP contribution is -1.96. The fourth-order valence-electron chi connectivity index (χ4n) is 6.76. The standard InChI is InChI=1S/C46H30N2O/c1-2-11-31(12-3-1)32-22-24-35(25-23-32)43-30-44(48-46(47-43)45-21-10-26-49-45)38-28-36(41-19-8-15-33-13-4-6-17-39(33)41)27-37(29-38)42-20-9-16-34-14-5-7-18-40(34)42/h1-30H. The third-order valence-electron chi connectivity index (χ3n) is 9.19. The molecule has 3 heteroatoms. The molecule has 0 spiro atoms. The number of aromatic nitrogens is 2. The molecule has 2 heterocycles. The van der Waals surface area contributed by atoms with Crippen molar-refractivity contribution in [2.24, 2.45) is 0 Å². The molecule has 49 heavy (non-hydrogen) atoms. The van der Waals surface area contributed by atoms with Gasteiger partial charge >= 0.3 is 0 Å². The molecule has 0 aliphatic carbocycles. The SMILES string of the molecule is c1ccc(-c2ccc(-c3cc(-c4cc(-c5cccc6ccccc56)cc(-c5cccc6ccccc56)c4)nc(-c4ccco4)n3)cc2)cc1. The van der Waals surface area contributed by atoms with Crippen LogP contribution in [0, 0.1) is 0 Å². The van der Waals surface area contributed by atoms with Crippen LogP contribution in [-0.4, -0.2) is 9.97 Å². The van der Waals surface area contributed by atoms with Crippen molar-refractivity contribution >= 4 is 21.5 Å². The van der Waals surface area contributed by atoms with Crippen LogP contribution in [0.25, 0.3) is 89.0 Å². The minimum Gasteiger partial charge on any atom is -0.461 e. The molecular formula is C46H30N2O. The van der Waals surface area contributed by atoms with Gasteiger partial charge in [0.25, 0.3) is 0 Å². The van der Waals surface area contributed by atoms with Crippen molar-refractivity contribution in [3.63, 3.8) is 0 Å². The molecule has 0 N–H and O–H groups in total. The van der Waals surface area contributed by atoms with E-state index in [0.29, 0.717) is 11.6 Å². The van der Waals surface area contributed by atoms with Gasteiger partial charge in [-0.1, -0.05) is 140 Å². The second-order valence-electron chi connectivity index (χ2n) is 12.2. The Morgan fingerprint density at radius 2 is 0.857 bits per heavy atom. The molecule has 2 aromatic heterocycles. The largest absolute Gasteiger partial charge is 0.461 e. The first-order valence-electron chi connectivity index (χ1n) is 16.5. The molecule has 0 amide bonds. The highest BCUT2D eigenvalue weighted by Crippen LogP contribution is 2.39. The van der Waals surface area contributed by atoms with Crippen molar-refractivity contribution in [1.82, 2.24) is 9.97 Å². The highest BCUT2D eigenvalue weighted by atomic mass is 16.3. The summed E-state index contributed by atoms with van der Waals surface area (Å²) in [7, 11) is 0. The molecule has 0 saturated heterocycles. The number of hydrogen-bond donors (Lipinski definition) is 0. The summed E-state index contributed by atoms with van der Waals surface area (Å²) in [5.74, 6) is 1.18. The molecule has 230 valence electrons. The molecule has 9 aromatic rings. The lowest BCUT2D eigenvalue weighted by molar-refractivity contribution is 0.577. The molecule has 0 unspecified atom stereocenters. The third kappa shape index (κ3) is 5.48. The summed E-state index contributed by atoms with van der Waals surface area (Å²) in [6.07, 6.45) is 1.67. The van der Waals surface area contributed by atoms with Crippen molar-refractivity contribution in [1.29, 1.82) is 0 Å². The Morgan fingerprint density at radius 1 is 0.347 bits per heavy atom. The lowest BCUT2D eigenvalue weighted by Gasteiger charge is -2.15. The van der Waals surface area contributed by atoms with Crippen LogP contribution < -0.4 is 0 Å². The average Bonchev–Trinajstić information content (AvgIpc) is 3.73. The number of furan rings is 1. The van der Waals surface area contributed by atoms with Crippen molar-refractivity contribution in [3.8, 4) is 67.5 Å². The van der Waals surface area contributed by atoms with E-state index in [4.69, 9.17) is 14.4 Å². The van der Waals surface area contributed by atoms with E-state index in [2.05, 4.69) is 158 Å². The first-order chi connectivity index (χ1) is 24.3. The number of hydrogen-bond acceptors (Lipinski definition) is 3. The quantitative estimate of drug-likeness (QED) is 0.184. The van der Waals surface area contributed by atoms with Crippen LogP contribution in [0.15, 0.2) is 187 Å². The van der Waals surface area contributed by atoms with E-state index in [1.165, 1.54) is 38.2 Å². The molecule has 7 aromatic carbocycles. The number of rotatable bonds is 6. The van der Waals surface area contributed by atoms with Crippen molar-refractivity contribution in [3.05, 3.63) is 182 Å². The predicted molar refractivity (Wildman–Crippen MR) is 202 cm³/mol. The van der Waals surface area contributed by atoms with E-state index in [-0.39, 0.29) is 0 Å². The zero-order valence-corrected chi connectivity index (χ0v) is 26.6. The van der Waals surface area contributed by atoms with Gasteiger partial charge in [-0.15, -0.1) is 0 Å². The van der Waals surface area contributed by atoms with Crippen LogP contribution in [0.1, 0.15) is 0 Å². The van der Waals surface area contributed by atoms with Crippen LogP contribution in [-0.2, 0) is 0 Å². The van der Waals surface area contributed by atoms with Gasteiger partial charge in [0.15, 0.2) is 11.6 Å². The Morgan fingerprint density at radius 3 is 1.47 bits per heavy atom. The smallest absolute Gasteiger partial charge is 0.196 e. The van der Waals surface area contributed by atoms with Gasteiger partial charge in [0.2, 0.25) is 0 Å². The molecule has 0 atom stereocenters. The second kappa shape index (κ2) is 12.2. The van der Waals surface area contributed by atoms with Gasteiger partial charge in [0, 0.05) is 11.1 Å². The maximum atomic E-state index is 5.84. The summed E-state index contributed by atoms with van der Waals surface area (Å²) in [4.78, 5) is 10.1. The first-order valence-corrected chi connectivity index (χ1v) is 16.5. The normalized spacial score (nSPS) is 11.3. The fraction of sp³-hybridized carbons (Fsp3) is 0. The van der Waals surface area contributed by atoms with Crippen LogP contribution >= 0.6 is 0 Å². The van der Waals surface area contributed by atoms with E-state index in [0.717, 1.165) is 39.2 Å². The maximum Gasteiger partial charge on any atom is 0.196 e. The zero-order valence-electron chi connectivity index (χ0n) is 26.6. The molecule has 0 aliphatic heterocycles. The Bertz CT molecular complexity index is 2480. The highest BCUT2D eigenvalue weighted by Gasteiger charge is 2.16. The Labute approximate surface area is 284 Å². The average molecular weight is 627 g/mol. The minimum absolute atomic E-state index is 0.548. The van der Waals surface area contributed by atoms with Gasteiger partial charge < -0.3 is 4.42 Å². The zero-order chi connectivity index (χ0) is 32.6. The van der Waals surface area contributed by atoms with E-state index >= 15 is 0 Å². The molecule has 9 rings (SSSR count). The van der Waals surface area contributed by atoms with E-state index in [9.17, 15) is 0 Å². The van der Waals surface area contributed by atoms with Gasteiger partial charge in [-0.05, 0) is 91.3 Å². The van der Waals surface area contributed by atoms with Crippen molar-refractivity contribution in [2.45, 2.75) is 0 Å². The maximum absolute atomic E-state index is 5.84. The van der Waals surface area contributed by atoms with Gasteiger partial charge in [-0.2, -0.15) is 0 Å². The van der Waals surface area contributed by atoms with Crippen LogP contribution in [0.5, 0.6) is 0 Å². The molecule has 0 radical (unpaired) electrons. The molecule has 0 aliphatic rings. The first kappa shape index (κ1) is 28.6. The van der Waals surface area contributed by atoms with E-state index < -0.39 is 0 Å². The molecule has 0 fully saturated rings. The summed E-state index contributed by atoms with van der Waals surface area (Å²) in [5.41, 5.74) is 10.6. The predicted octanol–water partition coefficient (Wildman–Crippen LogP) is 12.4. The summed E-state index contributed by atoms with van der Waals surface area (Å²) >= 11 is 0. The van der Waals surface area contributed by atoms with Gasteiger partial charge in [-0.3, -0.25) is 0 Å². The lowest BCUT2D eigenvalue weighted by atomic mass is 9.90. The summed E-state index contributed by atoms with van der Waals surface area (Å²) < 4.78 is 5.84. The summed E-state index contributed by atoms with van der Waals surface area (Å²) in [6.45, 7) is 0. The topological polar surface area (TPSA) is 38.9 Å². The molecular weight excluding hydrogens is 597 g/mol. The molecule has 3 nitrogen and oxygen atoms in total. The number of nitrogens with zero attached hydrogens (tertiary/aromatic N) is 2. The fourth-order valence-corrected chi connectivity index (χ4v) is 6.76. The van der Waals surface area contributed by atoms with Crippen molar-refractivity contribution in [2.75, 3.05) is 0 Å². The minimum atomic E-state index is 0.548.